The van der Waals surface area contributed by atoms with Crippen molar-refractivity contribution in [2.45, 2.75) is 6.04 Å². The lowest BCUT2D eigenvalue weighted by molar-refractivity contribution is 0.545. The number of rotatable bonds is 2. The summed E-state index contributed by atoms with van der Waals surface area (Å²) in [6.45, 7) is 0. The van der Waals surface area contributed by atoms with Gasteiger partial charge in [-0.05, 0) is 23.6 Å². The summed E-state index contributed by atoms with van der Waals surface area (Å²) in [7, 11) is 0. The highest BCUT2D eigenvalue weighted by molar-refractivity contribution is 7.10. The molecular formula is C11H8ClF2NS. The molecule has 0 saturated carbocycles. The molecule has 0 aliphatic rings. The van der Waals surface area contributed by atoms with Crippen molar-refractivity contribution >= 4 is 22.9 Å². The van der Waals surface area contributed by atoms with Crippen molar-refractivity contribution in [2.75, 3.05) is 0 Å². The fourth-order valence-corrected chi connectivity index (χ4v) is 2.39. The van der Waals surface area contributed by atoms with Gasteiger partial charge in [0, 0.05) is 15.5 Å². The zero-order valence-electron chi connectivity index (χ0n) is 8.08. The van der Waals surface area contributed by atoms with E-state index in [1.54, 1.807) is 17.5 Å². The SMILES string of the molecule is N[C@H](c1cccs1)c1c(F)cc(Cl)cc1F. The van der Waals surface area contributed by atoms with E-state index in [-0.39, 0.29) is 10.6 Å². The van der Waals surface area contributed by atoms with Gasteiger partial charge in [0.15, 0.2) is 0 Å². The first-order chi connectivity index (χ1) is 7.59. The van der Waals surface area contributed by atoms with Crippen LogP contribution in [-0.4, -0.2) is 0 Å². The first kappa shape index (κ1) is 11.5. The van der Waals surface area contributed by atoms with Gasteiger partial charge in [0.25, 0.3) is 0 Å². The zero-order valence-corrected chi connectivity index (χ0v) is 9.66. The molecule has 0 fully saturated rings. The van der Waals surface area contributed by atoms with E-state index in [2.05, 4.69) is 0 Å². The minimum atomic E-state index is -0.794. The van der Waals surface area contributed by atoms with Crippen molar-refractivity contribution in [3.8, 4) is 0 Å². The summed E-state index contributed by atoms with van der Waals surface area (Å²) < 4.78 is 27.1. The fraction of sp³-hybridized carbons (Fsp3) is 0.0909. The predicted octanol–water partition coefficient (Wildman–Crippen LogP) is 3.73. The first-order valence-corrected chi connectivity index (χ1v) is 5.79. The van der Waals surface area contributed by atoms with E-state index in [1.165, 1.54) is 11.3 Å². The molecule has 16 heavy (non-hydrogen) atoms. The Kier molecular flexibility index (Phi) is 3.23. The standard InChI is InChI=1S/C11H8ClF2NS/c12-6-4-7(13)10(8(14)5-6)11(15)9-2-1-3-16-9/h1-5,11H,15H2/t11-/m1/s1. The largest absolute Gasteiger partial charge is 0.319 e. The highest BCUT2D eigenvalue weighted by Gasteiger charge is 2.19. The monoisotopic (exact) mass is 259 g/mol. The van der Waals surface area contributed by atoms with Crippen LogP contribution in [0.3, 0.4) is 0 Å². The second-order valence-corrected chi connectivity index (χ2v) is 4.69. The molecule has 0 amide bonds. The third kappa shape index (κ3) is 2.09. The molecule has 2 N–H and O–H groups in total. The molecule has 0 saturated heterocycles. The third-order valence-corrected chi connectivity index (χ3v) is 3.38. The second-order valence-electron chi connectivity index (χ2n) is 3.28. The van der Waals surface area contributed by atoms with Gasteiger partial charge in [-0.25, -0.2) is 8.78 Å². The van der Waals surface area contributed by atoms with E-state index in [0.717, 1.165) is 12.1 Å². The molecule has 1 heterocycles. The molecular weight excluding hydrogens is 252 g/mol. The number of nitrogens with two attached hydrogens (primary N) is 1. The average Bonchev–Trinajstić information content (AvgIpc) is 2.67. The maximum Gasteiger partial charge on any atom is 0.132 e. The van der Waals surface area contributed by atoms with Crippen LogP contribution in [0.4, 0.5) is 8.78 Å². The van der Waals surface area contributed by atoms with Gasteiger partial charge in [0.05, 0.1) is 6.04 Å². The Balaban J connectivity index is 2.48. The lowest BCUT2D eigenvalue weighted by Gasteiger charge is -2.12. The molecule has 0 aliphatic carbocycles. The molecule has 1 aromatic heterocycles. The number of benzene rings is 1. The number of thiophene rings is 1. The Morgan fingerprint density at radius 1 is 1.25 bits per heavy atom. The Bertz CT molecular complexity index is 476. The van der Waals surface area contributed by atoms with E-state index in [9.17, 15) is 8.78 Å². The number of hydrogen-bond acceptors (Lipinski definition) is 2. The third-order valence-electron chi connectivity index (χ3n) is 2.20. The Labute approximate surface area is 100 Å². The summed E-state index contributed by atoms with van der Waals surface area (Å²) in [5.74, 6) is -1.43. The molecule has 5 heteroatoms. The maximum atomic E-state index is 13.6. The fourth-order valence-electron chi connectivity index (χ4n) is 1.46. The maximum absolute atomic E-state index is 13.6. The van der Waals surface area contributed by atoms with Gasteiger partial charge in [-0.1, -0.05) is 17.7 Å². The smallest absolute Gasteiger partial charge is 0.132 e. The normalized spacial score (nSPS) is 12.8. The molecule has 2 rings (SSSR count). The van der Waals surface area contributed by atoms with Crippen LogP contribution >= 0.6 is 22.9 Å². The van der Waals surface area contributed by atoms with Crippen LogP contribution in [0.15, 0.2) is 29.6 Å². The van der Waals surface area contributed by atoms with Crippen LogP contribution in [0.5, 0.6) is 0 Å². The second kappa shape index (κ2) is 4.49. The van der Waals surface area contributed by atoms with Gasteiger partial charge in [-0.15, -0.1) is 11.3 Å². The van der Waals surface area contributed by atoms with Gasteiger partial charge in [0.1, 0.15) is 11.6 Å². The summed E-state index contributed by atoms with van der Waals surface area (Å²) in [5.41, 5.74) is 5.65. The molecule has 1 atom stereocenters. The van der Waals surface area contributed by atoms with Gasteiger partial charge < -0.3 is 5.73 Å². The van der Waals surface area contributed by atoms with Crippen molar-refractivity contribution in [2.24, 2.45) is 5.73 Å². The lowest BCUT2D eigenvalue weighted by atomic mass is 10.1. The predicted molar refractivity (Wildman–Crippen MR) is 61.7 cm³/mol. The van der Waals surface area contributed by atoms with Gasteiger partial charge in [-0.3, -0.25) is 0 Å². The summed E-state index contributed by atoms with van der Waals surface area (Å²) in [6, 6.07) is 4.85. The van der Waals surface area contributed by atoms with Crippen LogP contribution in [0, 0.1) is 11.6 Å². The van der Waals surface area contributed by atoms with E-state index in [0.29, 0.717) is 4.88 Å². The molecule has 0 spiro atoms. The quantitative estimate of drug-likeness (QED) is 0.874. The minimum absolute atomic E-state index is 0.0251. The van der Waals surface area contributed by atoms with Crippen LogP contribution in [-0.2, 0) is 0 Å². The molecule has 0 aliphatic heterocycles. The minimum Gasteiger partial charge on any atom is -0.319 e. The highest BCUT2D eigenvalue weighted by Crippen LogP contribution is 2.29. The molecule has 1 aromatic carbocycles. The Morgan fingerprint density at radius 3 is 2.38 bits per heavy atom. The average molecular weight is 260 g/mol. The van der Waals surface area contributed by atoms with Crippen molar-refractivity contribution in [3.63, 3.8) is 0 Å². The molecule has 0 unspecified atom stereocenters. The number of halogens is 3. The van der Waals surface area contributed by atoms with Gasteiger partial charge in [-0.2, -0.15) is 0 Å². The van der Waals surface area contributed by atoms with Crippen molar-refractivity contribution in [3.05, 3.63) is 56.7 Å². The summed E-state index contributed by atoms with van der Waals surface area (Å²) in [4.78, 5) is 0.708. The van der Waals surface area contributed by atoms with Crippen LogP contribution < -0.4 is 5.73 Å². The summed E-state index contributed by atoms with van der Waals surface area (Å²) >= 11 is 6.89. The molecule has 84 valence electrons. The highest BCUT2D eigenvalue weighted by atomic mass is 35.5. The van der Waals surface area contributed by atoms with Crippen LogP contribution in [0.25, 0.3) is 0 Å². The van der Waals surface area contributed by atoms with E-state index < -0.39 is 17.7 Å². The van der Waals surface area contributed by atoms with Crippen LogP contribution in [0.1, 0.15) is 16.5 Å². The number of hydrogen-bond donors (Lipinski definition) is 1. The van der Waals surface area contributed by atoms with Crippen LogP contribution in [0.2, 0.25) is 5.02 Å². The molecule has 0 bridgehead atoms. The van der Waals surface area contributed by atoms with Crippen molar-refractivity contribution < 1.29 is 8.78 Å². The van der Waals surface area contributed by atoms with Crippen molar-refractivity contribution in [1.29, 1.82) is 0 Å². The Hall–Kier alpha value is -0.970. The lowest BCUT2D eigenvalue weighted by Crippen LogP contribution is -2.14. The summed E-state index contributed by atoms with van der Waals surface area (Å²) in [5, 5.41) is 1.83. The zero-order chi connectivity index (χ0) is 11.7. The molecule has 2 aromatic rings. The molecule has 0 radical (unpaired) electrons. The van der Waals surface area contributed by atoms with Gasteiger partial charge in [0.2, 0.25) is 0 Å². The topological polar surface area (TPSA) is 26.0 Å². The van der Waals surface area contributed by atoms with E-state index in [1.807, 2.05) is 0 Å². The Morgan fingerprint density at radius 2 is 1.88 bits per heavy atom. The first-order valence-electron chi connectivity index (χ1n) is 4.53. The van der Waals surface area contributed by atoms with E-state index in [4.69, 9.17) is 17.3 Å². The van der Waals surface area contributed by atoms with Crippen molar-refractivity contribution in [1.82, 2.24) is 0 Å². The van der Waals surface area contributed by atoms with E-state index >= 15 is 0 Å². The summed E-state index contributed by atoms with van der Waals surface area (Å²) in [6.07, 6.45) is 0. The van der Waals surface area contributed by atoms with Gasteiger partial charge >= 0.3 is 0 Å². The molecule has 1 nitrogen and oxygen atoms in total.